The van der Waals surface area contributed by atoms with Gasteiger partial charge in [-0.15, -0.1) is 11.8 Å². The van der Waals surface area contributed by atoms with E-state index in [2.05, 4.69) is 35.8 Å². The van der Waals surface area contributed by atoms with Gasteiger partial charge in [0.1, 0.15) is 0 Å². The average molecular weight is 239 g/mol. The first-order valence-corrected chi connectivity index (χ1v) is 7.04. The van der Waals surface area contributed by atoms with Crippen LogP contribution in [0.2, 0.25) is 0 Å². The number of hydrogen-bond donors (Lipinski definition) is 2. The number of benzene rings is 1. The van der Waals surface area contributed by atoms with Crippen LogP contribution in [0.4, 0.5) is 0 Å². The first kappa shape index (κ1) is 13.6. The van der Waals surface area contributed by atoms with Gasteiger partial charge < -0.3 is 10.4 Å². The number of thioether (sulfide) groups is 1. The van der Waals surface area contributed by atoms with Gasteiger partial charge >= 0.3 is 0 Å². The Labute approximate surface area is 102 Å². The number of nitrogens with one attached hydrogen (secondary N) is 1. The Morgan fingerprint density at radius 2 is 1.88 bits per heavy atom. The molecule has 0 bridgehead atoms. The molecular weight excluding hydrogens is 218 g/mol. The van der Waals surface area contributed by atoms with Crippen molar-refractivity contribution in [1.82, 2.24) is 5.32 Å². The minimum Gasteiger partial charge on any atom is -0.396 e. The van der Waals surface area contributed by atoms with Crippen LogP contribution in [0.15, 0.2) is 29.2 Å². The highest BCUT2D eigenvalue weighted by molar-refractivity contribution is 7.98. The van der Waals surface area contributed by atoms with E-state index in [1.165, 1.54) is 10.5 Å². The SMILES string of the molecule is CSc1ccc(CCNCCCCO)cc1. The Balaban J connectivity index is 2.12. The number of rotatable bonds is 8. The summed E-state index contributed by atoms with van der Waals surface area (Å²) in [6.45, 7) is 2.32. The molecule has 0 unspecified atom stereocenters. The van der Waals surface area contributed by atoms with Crippen LogP contribution >= 0.6 is 11.8 Å². The van der Waals surface area contributed by atoms with Crippen LogP contribution in [-0.2, 0) is 6.42 Å². The molecule has 2 N–H and O–H groups in total. The van der Waals surface area contributed by atoms with Crippen LogP contribution in [0.25, 0.3) is 0 Å². The van der Waals surface area contributed by atoms with Gasteiger partial charge in [-0.1, -0.05) is 12.1 Å². The Morgan fingerprint density at radius 3 is 2.50 bits per heavy atom. The Morgan fingerprint density at radius 1 is 1.12 bits per heavy atom. The predicted octanol–water partition coefficient (Wildman–Crippen LogP) is 2.31. The highest BCUT2D eigenvalue weighted by Crippen LogP contribution is 2.14. The van der Waals surface area contributed by atoms with E-state index in [9.17, 15) is 0 Å². The number of aliphatic hydroxyl groups is 1. The highest BCUT2D eigenvalue weighted by atomic mass is 32.2. The maximum atomic E-state index is 8.62. The molecule has 3 heteroatoms. The molecule has 2 nitrogen and oxygen atoms in total. The topological polar surface area (TPSA) is 32.3 Å². The second-order valence-electron chi connectivity index (χ2n) is 3.78. The molecule has 1 rings (SSSR count). The van der Waals surface area contributed by atoms with Gasteiger partial charge in [0.15, 0.2) is 0 Å². The van der Waals surface area contributed by atoms with Gasteiger partial charge in [0.2, 0.25) is 0 Å². The minimum atomic E-state index is 0.303. The average Bonchev–Trinajstić information content (AvgIpc) is 2.34. The number of hydrogen-bond acceptors (Lipinski definition) is 3. The lowest BCUT2D eigenvalue weighted by molar-refractivity contribution is 0.284. The monoisotopic (exact) mass is 239 g/mol. The van der Waals surface area contributed by atoms with Crippen molar-refractivity contribution in [1.29, 1.82) is 0 Å². The van der Waals surface area contributed by atoms with Gasteiger partial charge in [-0.2, -0.15) is 0 Å². The summed E-state index contributed by atoms with van der Waals surface area (Å²) in [6, 6.07) is 8.74. The molecule has 1 aromatic carbocycles. The zero-order valence-electron chi connectivity index (χ0n) is 9.91. The summed E-state index contributed by atoms with van der Waals surface area (Å²) in [5.74, 6) is 0. The van der Waals surface area contributed by atoms with Gasteiger partial charge in [0.05, 0.1) is 0 Å². The third-order valence-corrected chi connectivity index (χ3v) is 3.25. The first-order valence-electron chi connectivity index (χ1n) is 5.81. The molecular formula is C13H21NOS. The van der Waals surface area contributed by atoms with Crippen LogP contribution in [0.3, 0.4) is 0 Å². The molecule has 0 atom stereocenters. The van der Waals surface area contributed by atoms with Gasteiger partial charge in [0.25, 0.3) is 0 Å². The predicted molar refractivity (Wildman–Crippen MR) is 71.1 cm³/mol. The highest BCUT2D eigenvalue weighted by Gasteiger charge is 1.94. The molecule has 0 spiro atoms. The Hall–Kier alpha value is -0.510. The minimum absolute atomic E-state index is 0.303. The molecule has 0 saturated heterocycles. The molecule has 0 fully saturated rings. The molecule has 0 aliphatic carbocycles. The Bertz CT molecular complexity index is 274. The van der Waals surface area contributed by atoms with E-state index >= 15 is 0 Å². The molecule has 0 aliphatic rings. The summed E-state index contributed by atoms with van der Waals surface area (Å²) >= 11 is 1.78. The van der Waals surface area contributed by atoms with Crippen molar-refractivity contribution < 1.29 is 5.11 Å². The molecule has 0 aromatic heterocycles. The van der Waals surface area contributed by atoms with Crippen LogP contribution in [-0.4, -0.2) is 31.1 Å². The number of aliphatic hydroxyl groups excluding tert-OH is 1. The Kier molecular flexibility index (Phi) is 7.30. The normalized spacial score (nSPS) is 10.6. The summed E-state index contributed by atoms with van der Waals surface area (Å²) in [5, 5.41) is 12.0. The molecule has 90 valence electrons. The molecule has 0 saturated carbocycles. The van der Waals surface area contributed by atoms with Crippen molar-refractivity contribution >= 4 is 11.8 Å². The van der Waals surface area contributed by atoms with E-state index < -0.39 is 0 Å². The van der Waals surface area contributed by atoms with Gasteiger partial charge in [-0.25, -0.2) is 0 Å². The van der Waals surface area contributed by atoms with Crippen molar-refractivity contribution in [3.8, 4) is 0 Å². The van der Waals surface area contributed by atoms with Gasteiger partial charge in [-0.3, -0.25) is 0 Å². The van der Waals surface area contributed by atoms with Crippen LogP contribution < -0.4 is 5.32 Å². The fourth-order valence-electron chi connectivity index (χ4n) is 1.51. The fraction of sp³-hybridized carbons (Fsp3) is 0.538. The lowest BCUT2D eigenvalue weighted by atomic mass is 10.1. The van der Waals surface area contributed by atoms with Gasteiger partial charge in [-0.05, 0) is 56.3 Å². The summed E-state index contributed by atoms with van der Waals surface area (Å²) in [5.41, 5.74) is 1.38. The van der Waals surface area contributed by atoms with Crippen LogP contribution in [0, 0.1) is 0 Å². The largest absolute Gasteiger partial charge is 0.396 e. The quantitative estimate of drug-likeness (QED) is 0.539. The van der Waals surface area contributed by atoms with Gasteiger partial charge in [0, 0.05) is 11.5 Å². The van der Waals surface area contributed by atoms with Crippen molar-refractivity contribution in [2.75, 3.05) is 26.0 Å². The van der Waals surface area contributed by atoms with Crippen molar-refractivity contribution in [2.45, 2.75) is 24.2 Å². The van der Waals surface area contributed by atoms with E-state index in [0.29, 0.717) is 6.61 Å². The van der Waals surface area contributed by atoms with Crippen LogP contribution in [0.5, 0.6) is 0 Å². The zero-order valence-corrected chi connectivity index (χ0v) is 10.7. The summed E-state index contributed by atoms with van der Waals surface area (Å²) < 4.78 is 0. The molecule has 0 amide bonds. The standard InChI is InChI=1S/C13H21NOS/c1-16-13-6-4-12(5-7-13)8-10-14-9-2-3-11-15/h4-7,14-15H,2-3,8-11H2,1H3. The maximum absolute atomic E-state index is 8.62. The first-order chi connectivity index (χ1) is 7.86. The summed E-state index contributed by atoms with van der Waals surface area (Å²) in [7, 11) is 0. The molecule has 1 aromatic rings. The van der Waals surface area contributed by atoms with E-state index in [0.717, 1.165) is 32.4 Å². The lowest BCUT2D eigenvalue weighted by Crippen LogP contribution is -2.18. The molecule has 0 heterocycles. The third kappa shape index (κ3) is 5.54. The summed E-state index contributed by atoms with van der Waals surface area (Å²) in [4.78, 5) is 1.32. The van der Waals surface area contributed by atoms with Crippen molar-refractivity contribution in [2.24, 2.45) is 0 Å². The lowest BCUT2D eigenvalue weighted by Gasteiger charge is -2.05. The van der Waals surface area contributed by atoms with E-state index in [-0.39, 0.29) is 0 Å². The molecule has 0 aliphatic heterocycles. The third-order valence-electron chi connectivity index (χ3n) is 2.51. The molecule has 0 radical (unpaired) electrons. The molecule has 16 heavy (non-hydrogen) atoms. The maximum Gasteiger partial charge on any atom is 0.0431 e. The fourth-order valence-corrected chi connectivity index (χ4v) is 1.92. The second kappa shape index (κ2) is 8.62. The zero-order chi connectivity index (χ0) is 11.6. The number of unbranched alkanes of at least 4 members (excludes halogenated alkanes) is 1. The van der Waals surface area contributed by atoms with Crippen molar-refractivity contribution in [3.63, 3.8) is 0 Å². The summed E-state index contributed by atoms with van der Waals surface area (Å²) in [6.07, 6.45) is 5.13. The smallest absolute Gasteiger partial charge is 0.0431 e. The second-order valence-corrected chi connectivity index (χ2v) is 4.66. The van der Waals surface area contributed by atoms with E-state index in [1.54, 1.807) is 11.8 Å². The van der Waals surface area contributed by atoms with Crippen molar-refractivity contribution in [3.05, 3.63) is 29.8 Å². The van der Waals surface area contributed by atoms with E-state index in [4.69, 9.17) is 5.11 Å². The van der Waals surface area contributed by atoms with Crippen LogP contribution in [0.1, 0.15) is 18.4 Å². The van der Waals surface area contributed by atoms with E-state index in [1.807, 2.05) is 0 Å².